The maximum absolute atomic E-state index is 11.8. The highest BCUT2D eigenvalue weighted by Crippen LogP contribution is 2.17. The molecule has 3 nitrogen and oxygen atoms in total. The molecule has 1 atom stereocenters. The Hall–Kier alpha value is -1.79. The molecule has 0 aliphatic carbocycles. The molecule has 0 bridgehead atoms. The van der Waals surface area contributed by atoms with Crippen molar-refractivity contribution in [1.82, 2.24) is 0 Å². The lowest BCUT2D eigenvalue weighted by Gasteiger charge is -2.22. The molecule has 0 spiro atoms. The van der Waals surface area contributed by atoms with E-state index in [2.05, 4.69) is 11.2 Å². The van der Waals surface area contributed by atoms with E-state index in [1.807, 2.05) is 18.2 Å². The van der Waals surface area contributed by atoms with Gasteiger partial charge in [-0.05, 0) is 43.9 Å². The standard InChI is InChI=1S/C16H19NO2/c1-2-13-6-5-7-14(12-13)17-16(18)10-9-15-8-3-4-11-19-15/h1,5-7,12,15H,3-4,8-11H2,(H,17,18). The first kappa shape index (κ1) is 13.6. The summed E-state index contributed by atoms with van der Waals surface area (Å²) in [5, 5.41) is 2.87. The lowest BCUT2D eigenvalue weighted by Crippen LogP contribution is -2.21. The summed E-state index contributed by atoms with van der Waals surface area (Å²) in [5.74, 6) is 2.57. The zero-order chi connectivity index (χ0) is 13.5. The number of rotatable bonds is 4. The van der Waals surface area contributed by atoms with E-state index in [9.17, 15) is 4.79 Å². The molecule has 3 heteroatoms. The van der Waals surface area contributed by atoms with E-state index in [0.717, 1.165) is 37.1 Å². The molecule has 1 saturated heterocycles. The molecule has 19 heavy (non-hydrogen) atoms. The minimum absolute atomic E-state index is 0.0170. The van der Waals surface area contributed by atoms with Gasteiger partial charge in [-0.2, -0.15) is 0 Å². The first-order chi connectivity index (χ1) is 9.28. The van der Waals surface area contributed by atoms with Crippen molar-refractivity contribution in [3.8, 4) is 12.3 Å². The van der Waals surface area contributed by atoms with Gasteiger partial charge in [0.1, 0.15) is 0 Å². The van der Waals surface area contributed by atoms with Gasteiger partial charge in [0, 0.05) is 24.3 Å². The van der Waals surface area contributed by atoms with Gasteiger partial charge in [-0.15, -0.1) is 6.42 Å². The molecule has 100 valence electrons. The Morgan fingerprint density at radius 2 is 2.37 bits per heavy atom. The molecule has 0 aromatic heterocycles. The van der Waals surface area contributed by atoms with Gasteiger partial charge in [0.25, 0.3) is 0 Å². The minimum atomic E-state index is 0.0170. The molecule has 2 rings (SSSR count). The molecule has 0 saturated carbocycles. The van der Waals surface area contributed by atoms with Crippen molar-refractivity contribution in [2.75, 3.05) is 11.9 Å². The van der Waals surface area contributed by atoms with Crippen LogP contribution in [0.15, 0.2) is 24.3 Å². The summed E-state index contributed by atoms with van der Waals surface area (Å²) < 4.78 is 5.61. The van der Waals surface area contributed by atoms with Crippen molar-refractivity contribution in [3.05, 3.63) is 29.8 Å². The lowest BCUT2D eigenvalue weighted by atomic mass is 10.0. The molecule has 1 aliphatic rings. The average Bonchev–Trinajstić information content (AvgIpc) is 2.46. The smallest absolute Gasteiger partial charge is 0.224 e. The van der Waals surface area contributed by atoms with Crippen LogP contribution in [0.5, 0.6) is 0 Å². The van der Waals surface area contributed by atoms with Gasteiger partial charge in [-0.3, -0.25) is 4.79 Å². The van der Waals surface area contributed by atoms with Gasteiger partial charge >= 0.3 is 0 Å². The zero-order valence-electron chi connectivity index (χ0n) is 11.0. The van der Waals surface area contributed by atoms with E-state index in [1.54, 1.807) is 6.07 Å². The van der Waals surface area contributed by atoms with Crippen molar-refractivity contribution >= 4 is 11.6 Å². The number of amides is 1. The Bertz CT molecular complexity index is 470. The molecule has 0 radical (unpaired) electrons. The van der Waals surface area contributed by atoms with Crippen LogP contribution in [0, 0.1) is 12.3 Å². The van der Waals surface area contributed by atoms with Crippen molar-refractivity contribution in [1.29, 1.82) is 0 Å². The highest BCUT2D eigenvalue weighted by atomic mass is 16.5. The van der Waals surface area contributed by atoms with Gasteiger partial charge in [0.2, 0.25) is 5.91 Å². The third-order valence-corrected chi connectivity index (χ3v) is 3.28. The van der Waals surface area contributed by atoms with Crippen LogP contribution >= 0.6 is 0 Å². The van der Waals surface area contributed by atoms with Crippen LogP contribution in [0.1, 0.15) is 37.7 Å². The van der Waals surface area contributed by atoms with Gasteiger partial charge in [-0.25, -0.2) is 0 Å². The van der Waals surface area contributed by atoms with Gasteiger partial charge in [0.05, 0.1) is 6.10 Å². The number of carbonyl (C=O) groups excluding carboxylic acids is 1. The lowest BCUT2D eigenvalue weighted by molar-refractivity contribution is -0.117. The monoisotopic (exact) mass is 257 g/mol. The second kappa shape index (κ2) is 6.96. The number of nitrogens with one attached hydrogen (secondary N) is 1. The van der Waals surface area contributed by atoms with E-state index >= 15 is 0 Å². The van der Waals surface area contributed by atoms with Gasteiger partial charge in [-0.1, -0.05) is 12.0 Å². The van der Waals surface area contributed by atoms with E-state index in [0.29, 0.717) is 6.42 Å². The normalized spacial score (nSPS) is 18.6. The number of anilines is 1. The molecule has 1 aliphatic heterocycles. The Morgan fingerprint density at radius 1 is 1.47 bits per heavy atom. The Morgan fingerprint density at radius 3 is 3.11 bits per heavy atom. The fourth-order valence-corrected chi connectivity index (χ4v) is 2.24. The van der Waals surface area contributed by atoms with Crippen LogP contribution in [-0.4, -0.2) is 18.6 Å². The molecule has 1 unspecified atom stereocenters. The quantitative estimate of drug-likeness (QED) is 0.842. The number of ether oxygens (including phenoxy) is 1. The third-order valence-electron chi connectivity index (χ3n) is 3.28. The first-order valence-corrected chi connectivity index (χ1v) is 6.76. The fraction of sp³-hybridized carbons (Fsp3) is 0.438. The second-order valence-corrected chi connectivity index (χ2v) is 4.80. The molecule has 1 aromatic carbocycles. The first-order valence-electron chi connectivity index (χ1n) is 6.76. The predicted molar refractivity (Wildman–Crippen MR) is 75.8 cm³/mol. The Kier molecular flexibility index (Phi) is 5.00. The number of hydrogen-bond donors (Lipinski definition) is 1. The van der Waals surface area contributed by atoms with E-state index in [-0.39, 0.29) is 12.0 Å². The highest BCUT2D eigenvalue weighted by Gasteiger charge is 2.15. The van der Waals surface area contributed by atoms with Crippen LogP contribution in [0.25, 0.3) is 0 Å². The summed E-state index contributed by atoms with van der Waals surface area (Å²) in [4.78, 5) is 11.8. The summed E-state index contributed by atoms with van der Waals surface area (Å²) in [6, 6.07) is 7.32. The topological polar surface area (TPSA) is 38.3 Å². The molecule has 1 heterocycles. The molecule has 1 N–H and O–H groups in total. The molecule has 1 fully saturated rings. The SMILES string of the molecule is C#Cc1cccc(NC(=O)CCC2CCCCO2)c1. The summed E-state index contributed by atoms with van der Waals surface area (Å²) >= 11 is 0. The Balaban J connectivity index is 1.78. The van der Waals surface area contributed by atoms with Crippen molar-refractivity contribution < 1.29 is 9.53 Å². The van der Waals surface area contributed by atoms with Crippen LogP contribution < -0.4 is 5.32 Å². The number of hydrogen-bond acceptors (Lipinski definition) is 2. The summed E-state index contributed by atoms with van der Waals surface area (Å²) in [6.45, 7) is 0.830. The molecular weight excluding hydrogens is 238 g/mol. The van der Waals surface area contributed by atoms with E-state index < -0.39 is 0 Å². The van der Waals surface area contributed by atoms with Crippen molar-refractivity contribution in [3.63, 3.8) is 0 Å². The number of carbonyl (C=O) groups is 1. The predicted octanol–water partition coefficient (Wildman–Crippen LogP) is 2.96. The maximum Gasteiger partial charge on any atom is 0.224 e. The second-order valence-electron chi connectivity index (χ2n) is 4.80. The average molecular weight is 257 g/mol. The van der Waals surface area contributed by atoms with Crippen LogP contribution in [0.4, 0.5) is 5.69 Å². The molecular formula is C16H19NO2. The van der Waals surface area contributed by atoms with Crippen LogP contribution in [0.2, 0.25) is 0 Å². The van der Waals surface area contributed by atoms with E-state index in [1.165, 1.54) is 6.42 Å². The minimum Gasteiger partial charge on any atom is -0.378 e. The summed E-state index contributed by atoms with van der Waals surface area (Å²) in [6.07, 6.45) is 10.3. The van der Waals surface area contributed by atoms with Crippen LogP contribution in [-0.2, 0) is 9.53 Å². The van der Waals surface area contributed by atoms with E-state index in [4.69, 9.17) is 11.2 Å². The number of benzene rings is 1. The van der Waals surface area contributed by atoms with Crippen LogP contribution in [0.3, 0.4) is 0 Å². The maximum atomic E-state index is 11.8. The summed E-state index contributed by atoms with van der Waals surface area (Å²) in [5.41, 5.74) is 1.53. The largest absolute Gasteiger partial charge is 0.378 e. The third kappa shape index (κ3) is 4.42. The number of terminal acetylenes is 1. The van der Waals surface area contributed by atoms with Crippen molar-refractivity contribution in [2.45, 2.75) is 38.2 Å². The molecule has 1 amide bonds. The van der Waals surface area contributed by atoms with Gasteiger partial charge < -0.3 is 10.1 Å². The zero-order valence-corrected chi connectivity index (χ0v) is 11.0. The van der Waals surface area contributed by atoms with Crippen molar-refractivity contribution in [2.24, 2.45) is 0 Å². The summed E-state index contributed by atoms with van der Waals surface area (Å²) in [7, 11) is 0. The molecule has 1 aromatic rings. The fourth-order valence-electron chi connectivity index (χ4n) is 2.24. The van der Waals surface area contributed by atoms with Gasteiger partial charge in [0.15, 0.2) is 0 Å². The Labute approximate surface area is 114 Å². The highest BCUT2D eigenvalue weighted by molar-refractivity contribution is 5.90.